The van der Waals surface area contributed by atoms with E-state index in [4.69, 9.17) is 0 Å². The summed E-state index contributed by atoms with van der Waals surface area (Å²) in [5.41, 5.74) is 1.19. The molecule has 0 radical (unpaired) electrons. The molecule has 4 atom stereocenters. The van der Waals surface area contributed by atoms with Gasteiger partial charge >= 0.3 is 0 Å². The fourth-order valence-corrected chi connectivity index (χ4v) is 4.74. The highest BCUT2D eigenvalue weighted by atomic mass is 79.9. The lowest BCUT2D eigenvalue weighted by atomic mass is 9.92. The van der Waals surface area contributed by atoms with Crippen molar-refractivity contribution in [3.8, 4) is 0 Å². The normalized spacial score (nSPS) is 31.5. The van der Waals surface area contributed by atoms with Crippen LogP contribution in [0.3, 0.4) is 0 Å². The zero-order chi connectivity index (χ0) is 14.3. The second-order valence-electron chi connectivity index (χ2n) is 6.10. The molecule has 4 unspecified atom stereocenters. The second-order valence-corrected chi connectivity index (χ2v) is 6.95. The Morgan fingerprint density at radius 3 is 2.95 bits per heavy atom. The summed E-state index contributed by atoms with van der Waals surface area (Å²) >= 11 is 3.52. The van der Waals surface area contributed by atoms with Gasteiger partial charge in [0.15, 0.2) is 0 Å². The van der Waals surface area contributed by atoms with Gasteiger partial charge in [-0.2, -0.15) is 0 Å². The van der Waals surface area contributed by atoms with Crippen LogP contribution in [0.1, 0.15) is 31.9 Å². The summed E-state index contributed by atoms with van der Waals surface area (Å²) in [6.07, 6.45) is 1.19. The highest BCUT2D eigenvalue weighted by Gasteiger charge is 2.44. The lowest BCUT2D eigenvalue weighted by Crippen LogP contribution is -2.37. The Morgan fingerprint density at radius 2 is 2.25 bits per heavy atom. The van der Waals surface area contributed by atoms with Crippen molar-refractivity contribution in [2.24, 2.45) is 11.8 Å². The Labute approximate surface area is 128 Å². The molecule has 2 nitrogen and oxygen atoms in total. The third-order valence-electron chi connectivity index (χ3n) is 5.09. The molecule has 2 aliphatic heterocycles. The fraction of sp³-hybridized carbons (Fsp3) is 0.625. The average molecular weight is 341 g/mol. The third kappa shape index (κ3) is 2.42. The molecule has 0 saturated carbocycles. The van der Waals surface area contributed by atoms with Crippen LogP contribution in [0.5, 0.6) is 0 Å². The molecule has 4 heteroatoms. The monoisotopic (exact) mass is 340 g/mol. The standard InChI is InChI=1S/C16H22BrFN2/c1-3-16-14-8-19-7-11(14)9-20(16)10(2)13-5-4-12(18)6-15(13)17/h4-6,10-11,14,16,19H,3,7-9H2,1-2H3. The molecule has 0 aromatic heterocycles. The summed E-state index contributed by atoms with van der Waals surface area (Å²) in [6, 6.07) is 6.03. The number of hydrogen-bond donors (Lipinski definition) is 1. The molecule has 1 aromatic carbocycles. The minimum absolute atomic E-state index is 0.178. The van der Waals surface area contributed by atoms with Crippen LogP contribution in [0.4, 0.5) is 4.39 Å². The maximum atomic E-state index is 13.3. The number of nitrogens with zero attached hydrogens (tertiary/aromatic N) is 1. The van der Waals surface area contributed by atoms with Crippen molar-refractivity contribution in [1.29, 1.82) is 0 Å². The van der Waals surface area contributed by atoms with Crippen molar-refractivity contribution in [3.05, 3.63) is 34.1 Å². The predicted octanol–water partition coefficient (Wildman–Crippen LogP) is 3.58. The number of nitrogens with one attached hydrogen (secondary N) is 1. The molecule has 110 valence electrons. The first-order chi connectivity index (χ1) is 9.61. The first kappa shape index (κ1) is 14.5. The van der Waals surface area contributed by atoms with Crippen LogP contribution in [0, 0.1) is 17.7 Å². The van der Waals surface area contributed by atoms with E-state index in [1.54, 1.807) is 12.1 Å². The SMILES string of the molecule is CCC1C2CNCC2CN1C(C)c1ccc(F)cc1Br. The van der Waals surface area contributed by atoms with Crippen LogP contribution in [0.25, 0.3) is 0 Å². The van der Waals surface area contributed by atoms with E-state index in [-0.39, 0.29) is 5.82 Å². The molecule has 3 rings (SSSR count). The Morgan fingerprint density at radius 1 is 1.45 bits per heavy atom. The maximum Gasteiger partial charge on any atom is 0.124 e. The summed E-state index contributed by atoms with van der Waals surface area (Å²) in [6.45, 7) is 7.98. The molecular formula is C16H22BrFN2. The van der Waals surface area contributed by atoms with Crippen molar-refractivity contribution in [3.63, 3.8) is 0 Å². The van der Waals surface area contributed by atoms with Crippen LogP contribution in [-0.4, -0.2) is 30.6 Å². The molecule has 0 bridgehead atoms. The second kappa shape index (κ2) is 5.74. The summed E-state index contributed by atoms with van der Waals surface area (Å²) in [7, 11) is 0. The highest BCUT2D eigenvalue weighted by Crippen LogP contribution is 2.40. The van der Waals surface area contributed by atoms with E-state index in [0.29, 0.717) is 12.1 Å². The Hall–Kier alpha value is -0.450. The van der Waals surface area contributed by atoms with Gasteiger partial charge in [-0.05, 0) is 56.0 Å². The smallest absolute Gasteiger partial charge is 0.124 e. The topological polar surface area (TPSA) is 15.3 Å². The minimum Gasteiger partial charge on any atom is -0.316 e. The van der Waals surface area contributed by atoms with Crippen LogP contribution in [-0.2, 0) is 0 Å². The van der Waals surface area contributed by atoms with E-state index in [1.165, 1.54) is 12.0 Å². The summed E-state index contributed by atoms with van der Waals surface area (Å²) in [5, 5.41) is 3.52. The van der Waals surface area contributed by atoms with Crippen molar-refractivity contribution < 1.29 is 4.39 Å². The number of benzene rings is 1. The number of likely N-dealkylation sites (tertiary alicyclic amines) is 1. The first-order valence-electron chi connectivity index (χ1n) is 7.53. The lowest BCUT2D eigenvalue weighted by Gasteiger charge is -2.33. The van der Waals surface area contributed by atoms with E-state index < -0.39 is 0 Å². The van der Waals surface area contributed by atoms with Crippen LogP contribution >= 0.6 is 15.9 Å². The molecule has 0 amide bonds. The van der Waals surface area contributed by atoms with Gasteiger partial charge in [0.05, 0.1) is 0 Å². The molecular weight excluding hydrogens is 319 g/mol. The molecule has 0 spiro atoms. The summed E-state index contributed by atoms with van der Waals surface area (Å²) in [4.78, 5) is 2.62. The number of fused-ring (bicyclic) bond motifs is 1. The molecule has 1 N–H and O–H groups in total. The zero-order valence-electron chi connectivity index (χ0n) is 12.1. The summed E-state index contributed by atoms with van der Waals surface area (Å²) < 4.78 is 14.2. The van der Waals surface area contributed by atoms with Gasteiger partial charge in [-0.3, -0.25) is 4.90 Å². The summed E-state index contributed by atoms with van der Waals surface area (Å²) in [5.74, 6) is 1.38. The predicted molar refractivity (Wildman–Crippen MR) is 83.1 cm³/mol. The number of halogens is 2. The van der Waals surface area contributed by atoms with Crippen LogP contribution in [0.15, 0.2) is 22.7 Å². The number of rotatable bonds is 3. The Kier molecular flexibility index (Phi) is 4.16. The van der Waals surface area contributed by atoms with Crippen LogP contribution < -0.4 is 5.32 Å². The molecule has 2 aliphatic rings. The Balaban J connectivity index is 1.84. The minimum atomic E-state index is -0.178. The zero-order valence-corrected chi connectivity index (χ0v) is 13.7. The quantitative estimate of drug-likeness (QED) is 0.904. The first-order valence-corrected chi connectivity index (χ1v) is 8.32. The van der Waals surface area contributed by atoms with Gasteiger partial charge in [0.2, 0.25) is 0 Å². The molecule has 20 heavy (non-hydrogen) atoms. The fourth-order valence-electron chi connectivity index (χ4n) is 4.06. The van der Waals surface area contributed by atoms with Crippen molar-refractivity contribution in [2.75, 3.05) is 19.6 Å². The highest BCUT2D eigenvalue weighted by molar-refractivity contribution is 9.10. The molecule has 2 heterocycles. The van der Waals surface area contributed by atoms with E-state index in [1.807, 2.05) is 6.07 Å². The van der Waals surface area contributed by atoms with Crippen molar-refractivity contribution in [2.45, 2.75) is 32.4 Å². The molecule has 1 aromatic rings. The van der Waals surface area contributed by atoms with E-state index in [2.05, 4.69) is 40.0 Å². The third-order valence-corrected chi connectivity index (χ3v) is 5.77. The Bertz CT molecular complexity index is 493. The van der Waals surface area contributed by atoms with Gasteiger partial charge in [0.1, 0.15) is 5.82 Å². The van der Waals surface area contributed by atoms with E-state index in [0.717, 1.165) is 35.9 Å². The van der Waals surface area contributed by atoms with Crippen molar-refractivity contribution >= 4 is 15.9 Å². The van der Waals surface area contributed by atoms with Gasteiger partial charge in [0, 0.05) is 23.1 Å². The van der Waals surface area contributed by atoms with E-state index in [9.17, 15) is 4.39 Å². The van der Waals surface area contributed by atoms with E-state index >= 15 is 0 Å². The largest absolute Gasteiger partial charge is 0.316 e. The molecule has 0 aliphatic carbocycles. The van der Waals surface area contributed by atoms with Gasteiger partial charge in [0.25, 0.3) is 0 Å². The molecule has 2 fully saturated rings. The number of hydrogen-bond acceptors (Lipinski definition) is 2. The molecule has 2 saturated heterocycles. The average Bonchev–Trinajstić information content (AvgIpc) is 2.97. The van der Waals surface area contributed by atoms with Crippen LogP contribution in [0.2, 0.25) is 0 Å². The maximum absolute atomic E-state index is 13.3. The van der Waals surface area contributed by atoms with Gasteiger partial charge in [-0.1, -0.05) is 28.9 Å². The lowest BCUT2D eigenvalue weighted by molar-refractivity contribution is 0.165. The van der Waals surface area contributed by atoms with Gasteiger partial charge in [-0.15, -0.1) is 0 Å². The van der Waals surface area contributed by atoms with Crippen molar-refractivity contribution in [1.82, 2.24) is 10.2 Å². The van der Waals surface area contributed by atoms with Gasteiger partial charge in [-0.25, -0.2) is 4.39 Å². The van der Waals surface area contributed by atoms with Gasteiger partial charge < -0.3 is 5.32 Å².